The van der Waals surface area contributed by atoms with Gasteiger partial charge >= 0.3 is 16.4 Å². The van der Waals surface area contributed by atoms with Gasteiger partial charge in [0.2, 0.25) is 0 Å². The summed E-state index contributed by atoms with van der Waals surface area (Å²) in [6.45, 7) is 4.05. The van der Waals surface area contributed by atoms with Crippen LogP contribution >= 0.6 is 0 Å². The number of aliphatic hydroxyl groups is 3. The fourth-order valence-corrected chi connectivity index (χ4v) is 10.4. The standard InChI is InChI=1S/C61H116O12S/c1-3-5-7-9-11-13-15-17-19-21-23-25-26-27-28-29-31-33-35-37-39-41-43-45-47-49-51-69-53-55(54-70-61-59(65)60(73-74(66,67)68)58(64)56(52-62)72-61)71-57(63)50-48-46-44-42-40-38-36-34-32-30-24-22-20-18-16-14-12-10-8-6-4-2/h16,18,22,24,55-56,58-62,64-65H,3-15,17,19-21,23,25-54H2,1-2H3,(H,66,67,68)/b18-16-,24-22-. The Kier molecular flexibility index (Phi) is 49.9. The Morgan fingerprint density at radius 1 is 0.514 bits per heavy atom. The average Bonchev–Trinajstić information content (AvgIpc) is 3.38. The zero-order chi connectivity index (χ0) is 53.8. The van der Waals surface area contributed by atoms with E-state index in [-0.39, 0.29) is 19.6 Å². The molecule has 74 heavy (non-hydrogen) atoms. The molecular weight excluding hydrogens is 957 g/mol. The Bertz CT molecular complexity index is 1380. The summed E-state index contributed by atoms with van der Waals surface area (Å²) in [7, 11) is -5.07. The number of rotatable bonds is 56. The lowest BCUT2D eigenvalue weighted by Crippen LogP contribution is -2.60. The molecule has 12 nitrogen and oxygen atoms in total. The van der Waals surface area contributed by atoms with E-state index < -0.39 is 59.8 Å². The summed E-state index contributed by atoms with van der Waals surface area (Å²) in [5, 5.41) is 30.9. The molecule has 0 aliphatic carbocycles. The van der Waals surface area contributed by atoms with Crippen LogP contribution < -0.4 is 0 Å². The molecule has 0 aromatic rings. The Hall–Kier alpha value is -1.42. The Labute approximate surface area is 454 Å². The van der Waals surface area contributed by atoms with Gasteiger partial charge in [0.1, 0.15) is 30.5 Å². The molecule has 0 saturated carbocycles. The van der Waals surface area contributed by atoms with Crippen LogP contribution in [0, 0.1) is 0 Å². The fraction of sp³-hybridized carbons (Fsp3) is 0.918. The molecule has 4 N–H and O–H groups in total. The molecule has 0 bridgehead atoms. The quantitative estimate of drug-likeness (QED) is 0.0196. The van der Waals surface area contributed by atoms with E-state index >= 15 is 0 Å². The fourth-order valence-electron chi connectivity index (χ4n) is 9.88. The van der Waals surface area contributed by atoms with E-state index in [1.807, 2.05) is 0 Å². The third-order valence-corrected chi connectivity index (χ3v) is 15.0. The molecule has 1 heterocycles. The molecule has 1 fully saturated rings. The molecule has 6 atom stereocenters. The predicted molar refractivity (Wildman–Crippen MR) is 304 cm³/mol. The van der Waals surface area contributed by atoms with Gasteiger partial charge in [0.05, 0.1) is 19.8 Å². The summed E-state index contributed by atoms with van der Waals surface area (Å²) in [4.78, 5) is 13.0. The average molecular weight is 1070 g/mol. The van der Waals surface area contributed by atoms with Crippen LogP contribution in [-0.2, 0) is 38.3 Å². The van der Waals surface area contributed by atoms with E-state index in [2.05, 4.69) is 42.3 Å². The van der Waals surface area contributed by atoms with E-state index in [0.717, 1.165) is 51.4 Å². The Morgan fingerprint density at radius 3 is 1.28 bits per heavy atom. The van der Waals surface area contributed by atoms with Crippen LogP contribution in [0.1, 0.15) is 296 Å². The lowest BCUT2D eigenvalue weighted by atomic mass is 9.99. The van der Waals surface area contributed by atoms with Crippen molar-refractivity contribution in [2.24, 2.45) is 0 Å². The van der Waals surface area contributed by atoms with E-state index in [0.29, 0.717) is 13.0 Å². The highest BCUT2D eigenvalue weighted by molar-refractivity contribution is 7.80. The normalized spacial score (nSPS) is 18.8. The number of ether oxygens (including phenoxy) is 4. The molecule has 0 amide bonds. The van der Waals surface area contributed by atoms with Crippen molar-refractivity contribution < 1.29 is 56.2 Å². The molecule has 1 saturated heterocycles. The van der Waals surface area contributed by atoms with Gasteiger partial charge in [0, 0.05) is 13.0 Å². The van der Waals surface area contributed by atoms with Crippen molar-refractivity contribution in [2.45, 2.75) is 333 Å². The van der Waals surface area contributed by atoms with Crippen molar-refractivity contribution in [1.29, 1.82) is 0 Å². The molecule has 1 aliphatic rings. The van der Waals surface area contributed by atoms with E-state index in [9.17, 15) is 33.1 Å². The SMILES string of the molecule is CCCCCCC/C=C\C/C=C\CCCCCCCCCCCC(=O)OC(COCCCCCCCCCCCCCCCCCCCCCCCCCCCC)COC1OC(CO)C(O)C(OS(=O)(=O)O)C1O. The number of carbonyl (C=O) groups is 1. The molecule has 1 aliphatic heterocycles. The minimum atomic E-state index is -5.07. The summed E-state index contributed by atoms with van der Waals surface area (Å²) in [5.74, 6) is -0.397. The number of unbranched alkanes of at least 4 members (excludes halogenated alkanes) is 39. The number of carbonyl (C=O) groups excluding carboxylic acids is 1. The highest BCUT2D eigenvalue weighted by Gasteiger charge is 2.48. The number of aliphatic hydroxyl groups excluding tert-OH is 3. The lowest BCUT2D eigenvalue weighted by molar-refractivity contribution is -0.301. The van der Waals surface area contributed by atoms with Crippen molar-refractivity contribution in [3.05, 3.63) is 24.3 Å². The summed E-state index contributed by atoms with van der Waals surface area (Å²) >= 11 is 0. The molecule has 0 aromatic heterocycles. The van der Waals surface area contributed by atoms with Gasteiger partial charge in [-0.2, -0.15) is 8.42 Å². The minimum absolute atomic E-state index is 0.0396. The molecule has 0 aromatic carbocycles. The number of hydrogen-bond acceptors (Lipinski definition) is 11. The van der Waals surface area contributed by atoms with Gasteiger partial charge in [0.25, 0.3) is 0 Å². The molecule has 6 unspecified atom stereocenters. The van der Waals surface area contributed by atoms with Crippen LogP contribution in [0.2, 0.25) is 0 Å². The number of hydrogen-bond donors (Lipinski definition) is 4. The van der Waals surface area contributed by atoms with Crippen molar-refractivity contribution in [3.63, 3.8) is 0 Å². The predicted octanol–water partition coefficient (Wildman–Crippen LogP) is 15.9. The molecule has 13 heteroatoms. The Balaban J connectivity index is 2.24. The maximum atomic E-state index is 13.0. The van der Waals surface area contributed by atoms with Crippen molar-refractivity contribution in [2.75, 3.05) is 26.4 Å². The van der Waals surface area contributed by atoms with Crippen molar-refractivity contribution in [1.82, 2.24) is 0 Å². The van der Waals surface area contributed by atoms with E-state index in [1.54, 1.807) is 0 Å². The van der Waals surface area contributed by atoms with Crippen LogP contribution in [0.5, 0.6) is 0 Å². The van der Waals surface area contributed by atoms with Crippen LogP contribution in [-0.4, -0.2) is 97.5 Å². The van der Waals surface area contributed by atoms with Crippen LogP contribution in [0.4, 0.5) is 0 Å². The molecular formula is C61H116O12S. The lowest BCUT2D eigenvalue weighted by Gasteiger charge is -2.41. The van der Waals surface area contributed by atoms with E-state index in [1.165, 1.54) is 218 Å². The zero-order valence-corrected chi connectivity index (χ0v) is 48.5. The summed E-state index contributed by atoms with van der Waals surface area (Å²) < 4.78 is 59.5. The summed E-state index contributed by atoms with van der Waals surface area (Å²) in [6.07, 6.45) is 55.1. The van der Waals surface area contributed by atoms with Gasteiger partial charge in [0.15, 0.2) is 6.29 Å². The van der Waals surface area contributed by atoms with Crippen LogP contribution in [0.15, 0.2) is 24.3 Å². The van der Waals surface area contributed by atoms with Crippen LogP contribution in [0.25, 0.3) is 0 Å². The Morgan fingerprint density at radius 2 is 0.892 bits per heavy atom. The zero-order valence-electron chi connectivity index (χ0n) is 47.7. The first-order valence-electron chi connectivity index (χ1n) is 31.1. The highest BCUT2D eigenvalue weighted by atomic mass is 32.3. The van der Waals surface area contributed by atoms with Gasteiger partial charge < -0.3 is 34.3 Å². The monoisotopic (exact) mass is 1070 g/mol. The number of allylic oxidation sites excluding steroid dienone is 4. The third kappa shape index (κ3) is 44.5. The third-order valence-electron chi connectivity index (χ3n) is 14.6. The topological polar surface area (TPSA) is 178 Å². The summed E-state index contributed by atoms with van der Waals surface area (Å²) in [5.41, 5.74) is 0. The molecule has 0 spiro atoms. The largest absolute Gasteiger partial charge is 0.457 e. The second-order valence-corrected chi connectivity index (χ2v) is 22.7. The summed E-state index contributed by atoms with van der Waals surface area (Å²) in [6, 6.07) is 0. The second-order valence-electron chi connectivity index (χ2n) is 21.7. The van der Waals surface area contributed by atoms with Crippen molar-refractivity contribution >= 4 is 16.4 Å². The molecule has 438 valence electrons. The highest BCUT2D eigenvalue weighted by Crippen LogP contribution is 2.26. The smallest absolute Gasteiger partial charge is 0.397 e. The first kappa shape index (κ1) is 70.6. The maximum absolute atomic E-state index is 13.0. The van der Waals surface area contributed by atoms with E-state index in [4.69, 9.17) is 18.9 Å². The number of esters is 1. The van der Waals surface area contributed by atoms with Gasteiger partial charge in [-0.1, -0.05) is 269 Å². The minimum Gasteiger partial charge on any atom is -0.457 e. The first-order chi connectivity index (χ1) is 36.1. The maximum Gasteiger partial charge on any atom is 0.397 e. The van der Waals surface area contributed by atoms with Crippen LogP contribution in [0.3, 0.4) is 0 Å². The second kappa shape index (κ2) is 52.3. The van der Waals surface area contributed by atoms with Gasteiger partial charge in [-0.15, -0.1) is 0 Å². The van der Waals surface area contributed by atoms with Gasteiger partial charge in [-0.25, -0.2) is 4.18 Å². The molecule has 1 rings (SSSR count). The molecule has 0 radical (unpaired) electrons. The van der Waals surface area contributed by atoms with Gasteiger partial charge in [-0.05, 0) is 44.9 Å². The van der Waals surface area contributed by atoms with Gasteiger partial charge in [-0.3, -0.25) is 9.35 Å². The first-order valence-corrected chi connectivity index (χ1v) is 32.5. The van der Waals surface area contributed by atoms with Crippen molar-refractivity contribution in [3.8, 4) is 0 Å².